The van der Waals surface area contributed by atoms with E-state index in [1.807, 2.05) is 48.2 Å². The number of ether oxygens (including phenoxy) is 1. The number of carbonyl (C=O) groups is 1. The highest BCUT2D eigenvalue weighted by molar-refractivity contribution is 5.97. The van der Waals surface area contributed by atoms with E-state index < -0.39 is 0 Å². The van der Waals surface area contributed by atoms with E-state index in [0.29, 0.717) is 30.1 Å². The number of fused-ring (bicyclic) bond motifs is 1. The van der Waals surface area contributed by atoms with Crippen molar-refractivity contribution in [3.63, 3.8) is 0 Å². The molecule has 1 atom stereocenters. The van der Waals surface area contributed by atoms with Gasteiger partial charge in [-0.3, -0.25) is 4.79 Å². The molecule has 1 aliphatic rings. The Balaban J connectivity index is 1.45. The normalized spacial score (nSPS) is 15.5. The van der Waals surface area contributed by atoms with Crippen LogP contribution in [0.15, 0.2) is 54.2 Å². The van der Waals surface area contributed by atoms with Crippen molar-refractivity contribution in [1.82, 2.24) is 20.2 Å². The van der Waals surface area contributed by atoms with Crippen LogP contribution in [0.4, 0.5) is 5.69 Å². The second-order valence-corrected chi connectivity index (χ2v) is 8.07. The van der Waals surface area contributed by atoms with Gasteiger partial charge in [0.25, 0.3) is 5.91 Å². The first kappa shape index (κ1) is 22.3. The minimum atomic E-state index is -0.117. The van der Waals surface area contributed by atoms with Gasteiger partial charge < -0.3 is 25.7 Å². The maximum absolute atomic E-state index is 13.3. The zero-order chi connectivity index (χ0) is 23.2. The first-order valence-electron chi connectivity index (χ1n) is 11.2. The van der Waals surface area contributed by atoms with E-state index in [0.717, 1.165) is 41.8 Å². The van der Waals surface area contributed by atoms with Gasteiger partial charge in [-0.25, -0.2) is 4.98 Å². The Hall–Kier alpha value is -3.92. The van der Waals surface area contributed by atoms with Crippen molar-refractivity contribution in [3.8, 4) is 18.1 Å². The van der Waals surface area contributed by atoms with Gasteiger partial charge in [0.05, 0.1) is 17.2 Å². The van der Waals surface area contributed by atoms with Crippen molar-refractivity contribution in [1.29, 1.82) is 0 Å². The number of H-pyrrole nitrogens is 1. The van der Waals surface area contributed by atoms with Crippen molar-refractivity contribution < 1.29 is 9.53 Å². The van der Waals surface area contributed by atoms with Gasteiger partial charge in [0.15, 0.2) is 5.82 Å². The summed E-state index contributed by atoms with van der Waals surface area (Å²) in [5.41, 5.74) is 10.2. The van der Waals surface area contributed by atoms with Crippen molar-refractivity contribution in [2.45, 2.75) is 38.8 Å². The molecule has 0 aliphatic heterocycles. The summed E-state index contributed by atoms with van der Waals surface area (Å²) in [6.45, 7) is 3.51. The lowest BCUT2D eigenvalue weighted by Gasteiger charge is -2.32. The van der Waals surface area contributed by atoms with E-state index in [9.17, 15) is 4.79 Å². The fourth-order valence-corrected chi connectivity index (χ4v) is 4.20. The van der Waals surface area contributed by atoms with Crippen LogP contribution in [0.1, 0.15) is 42.4 Å². The Morgan fingerprint density at radius 3 is 3.00 bits per heavy atom. The number of nitrogens with one attached hydrogen (secondary N) is 2. The summed E-state index contributed by atoms with van der Waals surface area (Å²) in [6, 6.07) is 13.4. The maximum atomic E-state index is 13.3. The predicted octanol–water partition coefficient (Wildman–Crippen LogP) is 3.85. The van der Waals surface area contributed by atoms with Crippen molar-refractivity contribution in [2.75, 3.05) is 18.9 Å². The van der Waals surface area contributed by atoms with E-state index in [2.05, 4.69) is 27.3 Å². The van der Waals surface area contributed by atoms with Crippen LogP contribution in [0.2, 0.25) is 0 Å². The third-order valence-electron chi connectivity index (χ3n) is 5.83. The molecule has 0 spiro atoms. The second-order valence-electron chi connectivity index (χ2n) is 8.07. The van der Waals surface area contributed by atoms with Crippen LogP contribution in [-0.4, -0.2) is 40.0 Å². The van der Waals surface area contributed by atoms with E-state index in [-0.39, 0.29) is 18.6 Å². The van der Waals surface area contributed by atoms with E-state index >= 15 is 0 Å². The summed E-state index contributed by atoms with van der Waals surface area (Å²) < 4.78 is 5.51. The molecule has 170 valence electrons. The number of hydrogen-bond acceptors (Lipinski definition) is 5. The molecule has 1 amide bonds. The zero-order valence-corrected chi connectivity index (χ0v) is 18.8. The Morgan fingerprint density at radius 1 is 1.36 bits per heavy atom. The Kier molecular flexibility index (Phi) is 6.84. The van der Waals surface area contributed by atoms with Crippen LogP contribution in [-0.2, 0) is 6.54 Å². The van der Waals surface area contributed by atoms with Crippen molar-refractivity contribution in [2.24, 2.45) is 0 Å². The number of hydrogen-bond donors (Lipinski definition) is 3. The number of amides is 1. The SMILES string of the molecule is C#CCOc1cccc(CNC2=C[C@@H](N(CC)C(=O)c3nc4c(N)cccc4[nH]3)CCC2)c1. The molecule has 0 saturated carbocycles. The van der Waals surface area contributed by atoms with Crippen LogP contribution in [0.25, 0.3) is 11.0 Å². The van der Waals surface area contributed by atoms with Crippen LogP contribution in [0.5, 0.6) is 5.75 Å². The topological polar surface area (TPSA) is 96.3 Å². The number of para-hydroxylation sites is 1. The second kappa shape index (κ2) is 10.1. The number of nitrogens with zero attached hydrogens (tertiary/aromatic N) is 2. The van der Waals surface area contributed by atoms with Crippen LogP contribution in [0, 0.1) is 12.3 Å². The molecule has 1 heterocycles. The summed E-state index contributed by atoms with van der Waals surface area (Å²) in [6.07, 6.45) is 10.3. The number of rotatable bonds is 8. The molecule has 3 aromatic rings. The number of aromatic nitrogens is 2. The molecule has 0 unspecified atom stereocenters. The summed E-state index contributed by atoms with van der Waals surface area (Å²) in [4.78, 5) is 22.7. The standard InChI is InChI=1S/C26H29N5O2/c1-3-14-33-21-11-5-8-18(15-21)17-28-19-9-6-10-20(16-19)31(4-2)26(32)25-29-23-13-7-12-22(27)24(23)30-25/h1,5,7-8,11-13,15-16,20,28H,4,6,9-10,14,17,27H2,2H3,(H,29,30)/t20-/m0/s1. The van der Waals surface area contributed by atoms with Crippen molar-refractivity contribution in [3.05, 3.63) is 65.6 Å². The fraction of sp³-hybridized carbons (Fsp3) is 0.308. The molecule has 1 aliphatic carbocycles. The number of imidazole rings is 1. The molecule has 0 radical (unpaired) electrons. The molecule has 2 aromatic carbocycles. The number of anilines is 1. The molecule has 0 fully saturated rings. The summed E-state index contributed by atoms with van der Waals surface area (Å²) in [5, 5.41) is 3.53. The van der Waals surface area contributed by atoms with E-state index in [4.69, 9.17) is 16.9 Å². The lowest BCUT2D eigenvalue weighted by Crippen LogP contribution is -2.41. The molecule has 33 heavy (non-hydrogen) atoms. The maximum Gasteiger partial charge on any atom is 0.290 e. The predicted molar refractivity (Wildman–Crippen MR) is 131 cm³/mol. The van der Waals surface area contributed by atoms with Gasteiger partial charge >= 0.3 is 0 Å². The summed E-state index contributed by atoms with van der Waals surface area (Å²) >= 11 is 0. The van der Waals surface area contributed by atoms with Crippen molar-refractivity contribution >= 4 is 22.6 Å². The van der Waals surface area contributed by atoms with Gasteiger partial charge in [0.2, 0.25) is 0 Å². The highest BCUT2D eigenvalue weighted by atomic mass is 16.5. The van der Waals surface area contributed by atoms with Gasteiger partial charge in [0.1, 0.15) is 17.9 Å². The highest BCUT2D eigenvalue weighted by Crippen LogP contribution is 2.24. The van der Waals surface area contributed by atoms with E-state index in [1.54, 1.807) is 6.07 Å². The number of benzene rings is 2. The number of terminal acetylenes is 1. The Labute approximate surface area is 194 Å². The third kappa shape index (κ3) is 5.12. The van der Waals surface area contributed by atoms with Gasteiger partial charge in [-0.1, -0.05) is 24.1 Å². The molecule has 7 nitrogen and oxygen atoms in total. The lowest BCUT2D eigenvalue weighted by atomic mass is 9.98. The number of nitrogen functional groups attached to an aromatic ring is 1. The number of carbonyl (C=O) groups excluding carboxylic acids is 1. The molecular weight excluding hydrogens is 414 g/mol. The molecule has 0 bridgehead atoms. The molecule has 1 aromatic heterocycles. The number of allylic oxidation sites excluding steroid dienone is 1. The van der Waals surface area contributed by atoms with Gasteiger partial charge in [0, 0.05) is 18.8 Å². The average Bonchev–Trinajstić information content (AvgIpc) is 3.28. The van der Waals surface area contributed by atoms with Gasteiger partial charge in [-0.2, -0.15) is 0 Å². The quantitative estimate of drug-likeness (QED) is 0.363. The number of likely N-dealkylation sites (N-methyl/N-ethyl adjacent to an activating group) is 1. The minimum absolute atomic E-state index is 0.00889. The van der Waals surface area contributed by atoms with E-state index in [1.165, 1.54) is 0 Å². The molecule has 0 saturated heterocycles. The molecule has 7 heteroatoms. The van der Waals surface area contributed by atoms with Crippen LogP contribution >= 0.6 is 0 Å². The minimum Gasteiger partial charge on any atom is -0.481 e. The molecule has 4 N–H and O–H groups in total. The van der Waals surface area contributed by atoms with Crippen LogP contribution < -0.4 is 15.8 Å². The van der Waals surface area contributed by atoms with Gasteiger partial charge in [-0.05, 0) is 62.1 Å². The lowest BCUT2D eigenvalue weighted by molar-refractivity contribution is 0.0700. The fourth-order valence-electron chi connectivity index (χ4n) is 4.20. The highest BCUT2D eigenvalue weighted by Gasteiger charge is 2.26. The third-order valence-corrected chi connectivity index (χ3v) is 5.83. The summed E-state index contributed by atoms with van der Waals surface area (Å²) in [7, 11) is 0. The number of nitrogens with two attached hydrogens (primary N) is 1. The van der Waals surface area contributed by atoms with Gasteiger partial charge in [-0.15, -0.1) is 6.42 Å². The van der Waals surface area contributed by atoms with Crippen LogP contribution in [0.3, 0.4) is 0 Å². The summed E-state index contributed by atoms with van der Waals surface area (Å²) in [5.74, 6) is 3.44. The molecular formula is C26H29N5O2. The monoisotopic (exact) mass is 443 g/mol. The Bertz CT molecular complexity index is 1210. The average molecular weight is 444 g/mol. The first-order valence-corrected chi connectivity index (χ1v) is 11.2. The first-order chi connectivity index (χ1) is 16.1. The number of aromatic amines is 1. The smallest absolute Gasteiger partial charge is 0.290 e. The Morgan fingerprint density at radius 2 is 2.21 bits per heavy atom. The molecule has 4 rings (SSSR count). The largest absolute Gasteiger partial charge is 0.481 e. The zero-order valence-electron chi connectivity index (χ0n) is 18.8.